The lowest BCUT2D eigenvalue weighted by molar-refractivity contribution is -0.433. The minimum absolute atomic E-state index is 0.109. The Morgan fingerprint density at radius 1 is 0.900 bits per heavy atom. The molecule has 0 amide bonds. The van der Waals surface area contributed by atoms with Gasteiger partial charge in [0.05, 0.1) is 0 Å². The molecule has 3 bridgehead atoms. The van der Waals surface area contributed by atoms with E-state index in [1.807, 2.05) is 0 Å². The van der Waals surface area contributed by atoms with Crippen LogP contribution in [0.25, 0.3) is 0 Å². The monoisotopic (exact) mass is 302 g/mol. The molecule has 1 spiro atoms. The van der Waals surface area contributed by atoms with E-state index >= 15 is 0 Å². The van der Waals surface area contributed by atoms with Crippen molar-refractivity contribution < 1.29 is 31.4 Å². The average molecular weight is 302 g/mol. The fourth-order valence-electron chi connectivity index (χ4n) is 5.32. The SMILES string of the molecule is OC(C(F)(F)F)(C(F)(F)F)C12CC3CCCC(C3)(C1)C2. The Hall–Kier alpha value is -0.460. The summed E-state index contributed by atoms with van der Waals surface area (Å²) in [6, 6.07) is 0. The van der Waals surface area contributed by atoms with Crippen molar-refractivity contribution in [3.05, 3.63) is 0 Å². The minimum Gasteiger partial charge on any atom is -0.373 e. The smallest absolute Gasteiger partial charge is 0.373 e. The van der Waals surface area contributed by atoms with Gasteiger partial charge in [0, 0.05) is 5.41 Å². The molecule has 1 nitrogen and oxygen atoms in total. The van der Waals surface area contributed by atoms with Crippen LogP contribution in [0.2, 0.25) is 0 Å². The van der Waals surface area contributed by atoms with Gasteiger partial charge in [-0.1, -0.05) is 12.8 Å². The zero-order valence-electron chi connectivity index (χ0n) is 10.7. The Kier molecular flexibility index (Phi) is 2.64. The molecule has 0 aliphatic heterocycles. The van der Waals surface area contributed by atoms with E-state index in [1.54, 1.807) is 0 Å². The summed E-state index contributed by atoms with van der Waals surface area (Å²) in [6.45, 7) is 0. The molecular weight excluding hydrogens is 286 g/mol. The first kappa shape index (κ1) is 14.5. The van der Waals surface area contributed by atoms with E-state index in [1.165, 1.54) is 0 Å². The summed E-state index contributed by atoms with van der Waals surface area (Å²) in [5.41, 5.74) is -7.01. The Morgan fingerprint density at radius 3 is 1.90 bits per heavy atom. The van der Waals surface area contributed by atoms with Gasteiger partial charge in [0.25, 0.3) is 5.60 Å². The molecule has 0 heterocycles. The van der Waals surface area contributed by atoms with Crippen LogP contribution in [0.4, 0.5) is 26.3 Å². The first-order valence-corrected chi connectivity index (χ1v) is 6.81. The van der Waals surface area contributed by atoms with Gasteiger partial charge in [0.15, 0.2) is 0 Å². The molecule has 0 radical (unpaired) electrons. The molecule has 0 aromatic heterocycles. The Balaban J connectivity index is 2.02. The lowest BCUT2D eigenvalue weighted by Crippen LogP contribution is -2.74. The van der Waals surface area contributed by atoms with Crippen LogP contribution in [0.5, 0.6) is 0 Å². The molecule has 20 heavy (non-hydrogen) atoms. The van der Waals surface area contributed by atoms with Crippen molar-refractivity contribution in [3.8, 4) is 0 Å². The maximum absolute atomic E-state index is 13.1. The average Bonchev–Trinajstić information content (AvgIpc) is 2.22. The third-order valence-electron chi connectivity index (χ3n) is 5.74. The fraction of sp³-hybridized carbons (Fsp3) is 1.00. The molecule has 1 N–H and O–H groups in total. The highest BCUT2D eigenvalue weighted by Gasteiger charge is 2.84. The summed E-state index contributed by atoms with van der Waals surface area (Å²) < 4.78 is 78.4. The summed E-state index contributed by atoms with van der Waals surface area (Å²) >= 11 is 0. The number of alkyl halides is 6. The predicted molar refractivity (Wildman–Crippen MR) is 57.7 cm³/mol. The van der Waals surface area contributed by atoms with Gasteiger partial charge in [-0.05, 0) is 43.4 Å². The van der Waals surface area contributed by atoms with Gasteiger partial charge in [-0.3, -0.25) is 0 Å². The second-order valence-electron chi connectivity index (χ2n) is 7.01. The van der Waals surface area contributed by atoms with Crippen LogP contribution in [0.3, 0.4) is 0 Å². The van der Waals surface area contributed by atoms with Crippen molar-refractivity contribution in [2.45, 2.75) is 62.9 Å². The third kappa shape index (κ3) is 1.56. The van der Waals surface area contributed by atoms with Crippen molar-refractivity contribution in [2.24, 2.45) is 16.7 Å². The second-order valence-corrected chi connectivity index (χ2v) is 7.01. The summed E-state index contributed by atoms with van der Waals surface area (Å²) in [5.74, 6) is -0.109. The Labute approximate surface area is 112 Å². The maximum atomic E-state index is 13.1. The molecule has 1 unspecified atom stereocenters. The molecule has 4 rings (SSSR count). The van der Waals surface area contributed by atoms with Gasteiger partial charge in [0.1, 0.15) is 0 Å². The molecule has 4 saturated carbocycles. The Bertz CT molecular complexity index is 398. The van der Waals surface area contributed by atoms with E-state index < -0.39 is 23.4 Å². The van der Waals surface area contributed by atoms with Crippen LogP contribution in [0, 0.1) is 16.7 Å². The van der Waals surface area contributed by atoms with Crippen molar-refractivity contribution >= 4 is 0 Å². The van der Waals surface area contributed by atoms with E-state index in [9.17, 15) is 31.4 Å². The fourth-order valence-corrected chi connectivity index (χ4v) is 5.32. The van der Waals surface area contributed by atoms with Gasteiger partial charge < -0.3 is 5.11 Å². The van der Waals surface area contributed by atoms with Gasteiger partial charge in [-0.2, -0.15) is 26.3 Å². The lowest BCUT2D eigenvalue weighted by Gasteiger charge is -2.69. The molecule has 0 aromatic rings. The standard InChI is InChI=1S/C13H16F6O/c14-12(15,16)11(20,13(17,18)19)10-5-8-2-1-3-9(4-8,6-10)7-10/h8,20H,1-7H2. The van der Waals surface area contributed by atoms with Crippen LogP contribution in [0.1, 0.15) is 44.9 Å². The zero-order valence-corrected chi connectivity index (χ0v) is 10.7. The molecule has 4 fully saturated rings. The highest BCUT2D eigenvalue weighted by molar-refractivity contribution is 5.21. The zero-order chi connectivity index (χ0) is 15.0. The van der Waals surface area contributed by atoms with E-state index in [-0.39, 0.29) is 30.6 Å². The molecule has 4 aliphatic rings. The first-order valence-electron chi connectivity index (χ1n) is 6.81. The highest BCUT2D eigenvalue weighted by Crippen LogP contribution is 2.76. The molecule has 7 heteroatoms. The minimum atomic E-state index is -5.68. The summed E-state index contributed by atoms with van der Waals surface area (Å²) in [7, 11) is 0. The summed E-state index contributed by atoms with van der Waals surface area (Å²) in [6.07, 6.45) is -8.86. The number of halogens is 6. The topological polar surface area (TPSA) is 20.2 Å². The number of hydrogen-bond donors (Lipinski definition) is 1. The van der Waals surface area contributed by atoms with E-state index in [0.29, 0.717) is 12.8 Å². The van der Waals surface area contributed by atoms with E-state index in [2.05, 4.69) is 0 Å². The lowest BCUT2D eigenvalue weighted by atomic mass is 9.36. The largest absolute Gasteiger partial charge is 0.426 e. The van der Waals surface area contributed by atoms with E-state index in [0.717, 1.165) is 12.8 Å². The van der Waals surface area contributed by atoms with Crippen LogP contribution in [-0.2, 0) is 0 Å². The van der Waals surface area contributed by atoms with Crippen molar-refractivity contribution in [1.29, 1.82) is 0 Å². The molecule has 116 valence electrons. The van der Waals surface area contributed by atoms with Gasteiger partial charge in [0.2, 0.25) is 0 Å². The quantitative estimate of drug-likeness (QED) is 0.720. The summed E-state index contributed by atoms with van der Waals surface area (Å²) in [5, 5.41) is 9.71. The predicted octanol–water partition coefficient (Wildman–Crippen LogP) is 4.20. The molecule has 0 aromatic carbocycles. The second kappa shape index (κ2) is 3.65. The highest BCUT2D eigenvalue weighted by atomic mass is 19.4. The first-order chi connectivity index (χ1) is 8.95. The maximum Gasteiger partial charge on any atom is 0.426 e. The molecule has 0 saturated heterocycles. The molecule has 4 aliphatic carbocycles. The van der Waals surface area contributed by atoms with E-state index in [4.69, 9.17) is 0 Å². The van der Waals surface area contributed by atoms with Gasteiger partial charge in [-0.15, -0.1) is 0 Å². The normalized spacial score (nSPS) is 41.2. The number of rotatable bonds is 1. The van der Waals surface area contributed by atoms with Crippen LogP contribution < -0.4 is 0 Å². The van der Waals surface area contributed by atoms with Crippen molar-refractivity contribution in [3.63, 3.8) is 0 Å². The van der Waals surface area contributed by atoms with Crippen LogP contribution >= 0.6 is 0 Å². The Morgan fingerprint density at radius 2 is 1.45 bits per heavy atom. The summed E-state index contributed by atoms with van der Waals surface area (Å²) in [4.78, 5) is 0. The molecular formula is C13H16F6O. The third-order valence-corrected chi connectivity index (χ3v) is 5.74. The van der Waals surface area contributed by atoms with Gasteiger partial charge in [-0.25, -0.2) is 0 Å². The van der Waals surface area contributed by atoms with Gasteiger partial charge >= 0.3 is 12.4 Å². The van der Waals surface area contributed by atoms with Crippen molar-refractivity contribution in [1.82, 2.24) is 0 Å². The van der Waals surface area contributed by atoms with Crippen molar-refractivity contribution in [2.75, 3.05) is 0 Å². The number of hydrogen-bond acceptors (Lipinski definition) is 1. The molecule has 1 atom stereocenters. The number of aliphatic hydroxyl groups is 1. The van der Waals surface area contributed by atoms with Crippen LogP contribution in [0.15, 0.2) is 0 Å². The van der Waals surface area contributed by atoms with Crippen LogP contribution in [-0.4, -0.2) is 23.1 Å².